The van der Waals surface area contributed by atoms with Gasteiger partial charge in [0.25, 0.3) is 0 Å². The number of nitrogens with zero attached hydrogens (tertiary/aromatic N) is 1. The van der Waals surface area contributed by atoms with Gasteiger partial charge in [0.05, 0.1) is 18.3 Å². The van der Waals surface area contributed by atoms with Gasteiger partial charge in [0.1, 0.15) is 0 Å². The van der Waals surface area contributed by atoms with Gasteiger partial charge in [0, 0.05) is 6.42 Å². The van der Waals surface area contributed by atoms with Gasteiger partial charge in [-0.25, -0.2) is 0 Å². The second-order valence-corrected chi connectivity index (χ2v) is 3.89. The van der Waals surface area contributed by atoms with E-state index in [0.29, 0.717) is 18.9 Å². The highest BCUT2D eigenvalue weighted by Crippen LogP contribution is 2.10. The molecule has 0 unspecified atom stereocenters. The molecular weight excluding hydrogens is 138 g/mol. The summed E-state index contributed by atoms with van der Waals surface area (Å²) in [4.78, 5) is 0. The van der Waals surface area contributed by atoms with Crippen molar-refractivity contribution in [3.8, 4) is 6.07 Å². The Morgan fingerprint density at radius 3 is 2.36 bits per heavy atom. The lowest BCUT2D eigenvalue weighted by Gasteiger charge is -2.21. The Kier molecular flexibility index (Phi) is 4.14. The molecule has 2 nitrogen and oxygen atoms in total. The summed E-state index contributed by atoms with van der Waals surface area (Å²) >= 11 is 0. The third kappa shape index (κ3) is 7.35. The molecule has 0 N–H and O–H groups in total. The van der Waals surface area contributed by atoms with Crippen molar-refractivity contribution >= 4 is 0 Å². The van der Waals surface area contributed by atoms with Crippen molar-refractivity contribution < 1.29 is 4.74 Å². The molecule has 0 aliphatic carbocycles. The van der Waals surface area contributed by atoms with Gasteiger partial charge in [-0.2, -0.15) is 5.26 Å². The number of nitriles is 1. The number of hydrogen-bond acceptors (Lipinski definition) is 2. The highest BCUT2D eigenvalue weighted by Gasteiger charge is 2.11. The molecule has 64 valence electrons. The van der Waals surface area contributed by atoms with Gasteiger partial charge in [0.2, 0.25) is 0 Å². The predicted molar refractivity (Wildman–Crippen MR) is 45.1 cm³/mol. The van der Waals surface area contributed by atoms with Crippen LogP contribution in [0.5, 0.6) is 0 Å². The highest BCUT2D eigenvalue weighted by atomic mass is 16.5. The van der Waals surface area contributed by atoms with E-state index in [1.807, 2.05) is 27.7 Å². The molecule has 0 bridgehead atoms. The van der Waals surface area contributed by atoms with Crippen LogP contribution in [-0.4, -0.2) is 12.2 Å². The van der Waals surface area contributed by atoms with Crippen LogP contribution >= 0.6 is 0 Å². The Morgan fingerprint density at radius 2 is 2.00 bits per heavy atom. The van der Waals surface area contributed by atoms with Crippen LogP contribution in [0, 0.1) is 17.2 Å². The van der Waals surface area contributed by atoms with Crippen LogP contribution in [0.15, 0.2) is 0 Å². The summed E-state index contributed by atoms with van der Waals surface area (Å²) in [6, 6.07) is 2.12. The van der Waals surface area contributed by atoms with Gasteiger partial charge in [-0.3, -0.25) is 0 Å². The fourth-order valence-corrected chi connectivity index (χ4v) is 0.607. The van der Waals surface area contributed by atoms with Crippen LogP contribution in [0.3, 0.4) is 0 Å². The van der Waals surface area contributed by atoms with Crippen LogP contribution in [0.25, 0.3) is 0 Å². The van der Waals surface area contributed by atoms with Gasteiger partial charge in [-0.15, -0.1) is 0 Å². The molecule has 2 heteroatoms. The largest absolute Gasteiger partial charge is 0.376 e. The van der Waals surface area contributed by atoms with E-state index in [1.54, 1.807) is 0 Å². The first kappa shape index (κ1) is 10.4. The van der Waals surface area contributed by atoms with Crippen molar-refractivity contribution in [2.45, 2.75) is 39.7 Å². The topological polar surface area (TPSA) is 33.0 Å². The Bertz CT molecular complexity index is 141. The molecule has 0 saturated heterocycles. The zero-order valence-electron chi connectivity index (χ0n) is 7.85. The normalized spacial score (nSPS) is 14.1. The maximum absolute atomic E-state index is 8.36. The first-order valence-corrected chi connectivity index (χ1v) is 3.96. The van der Waals surface area contributed by atoms with Crippen LogP contribution in [0.4, 0.5) is 0 Å². The summed E-state index contributed by atoms with van der Waals surface area (Å²) in [5.74, 6) is 0.347. The van der Waals surface area contributed by atoms with Gasteiger partial charge < -0.3 is 4.74 Å². The van der Waals surface area contributed by atoms with E-state index in [2.05, 4.69) is 6.07 Å². The molecule has 0 aromatic heterocycles. The molecule has 0 aromatic carbocycles. The van der Waals surface area contributed by atoms with Gasteiger partial charge in [-0.1, -0.05) is 6.92 Å². The SMILES string of the molecule is C[C@H](CC#N)COC(C)(C)C. The Morgan fingerprint density at radius 1 is 1.45 bits per heavy atom. The van der Waals surface area contributed by atoms with E-state index in [9.17, 15) is 0 Å². The fraction of sp³-hybridized carbons (Fsp3) is 0.889. The monoisotopic (exact) mass is 155 g/mol. The van der Waals surface area contributed by atoms with Crippen molar-refractivity contribution in [2.75, 3.05) is 6.61 Å². The number of hydrogen-bond donors (Lipinski definition) is 0. The molecule has 0 spiro atoms. The first-order chi connectivity index (χ1) is 4.95. The minimum atomic E-state index is -0.0796. The van der Waals surface area contributed by atoms with E-state index in [-0.39, 0.29) is 5.60 Å². The second-order valence-electron chi connectivity index (χ2n) is 3.89. The molecule has 0 aliphatic heterocycles. The summed E-state index contributed by atoms with van der Waals surface area (Å²) in [5.41, 5.74) is -0.0796. The lowest BCUT2D eigenvalue weighted by molar-refractivity contribution is -0.0187. The maximum Gasteiger partial charge on any atom is 0.0625 e. The molecule has 0 rings (SSSR count). The molecule has 11 heavy (non-hydrogen) atoms. The van der Waals surface area contributed by atoms with E-state index in [1.165, 1.54) is 0 Å². The van der Waals surface area contributed by atoms with Gasteiger partial charge in [0.15, 0.2) is 0 Å². The van der Waals surface area contributed by atoms with Crippen molar-refractivity contribution in [1.29, 1.82) is 5.26 Å². The lowest BCUT2D eigenvalue weighted by Crippen LogP contribution is -2.22. The van der Waals surface area contributed by atoms with Crippen LogP contribution in [0.1, 0.15) is 34.1 Å². The maximum atomic E-state index is 8.36. The van der Waals surface area contributed by atoms with Crippen molar-refractivity contribution in [1.82, 2.24) is 0 Å². The molecule has 0 heterocycles. The van der Waals surface area contributed by atoms with E-state index in [0.717, 1.165) is 0 Å². The Balaban J connectivity index is 3.48. The van der Waals surface area contributed by atoms with Crippen LogP contribution < -0.4 is 0 Å². The summed E-state index contributed by atoms with van der Waals surface area (Å²) in [6.45, 7) is 8.76. The fourth-order valence-electron chi connectivity index (χ4n) is 0.607. The minimum Gasteiger partial charge on any atom is -0.376 e. The standard InChI is InChI=1S/C9H17NO/c1-8(5-6-10)7-11-9(2,3)4/h8H,5,7H2,1-4H3/t8-/m1/s1. The quantitative estimate of drug-likeness (QED) is 0.626. The summed E-state index contributed by atoms with van der Waals surface area (Å²) in [7, 11) is 0. The van der Waals surface area contributed by atoms with E-state index < -0.39 is 0 Å². The molecule has 0 saturated carbocycles. The Labute approximate surface area is 69.2 Å². The minimum absolute atomic E-state index is 0.0796. The smallest absolute Gasteiger partial charge is 0.0625 e. The summed E-state index contributed by atoms with van der Waals surface area (Å²) in [5, 5.41) is 8.36. The van der Waals surface area contributed by atoms with Crippen LogP contribution in [-0.2, 0) is 4.74 Å². The third-order valence-corrected chi connectivity index (χ3v) is 1.24. The van der Waals surface area contributed by atoms with Crippen LogP contribution in [0.2, 0.25) is 0 Å². The first-order valence-electron chi connectivity index (χ1n) is 3.96. The van der Waals surface area contributed by atoms with Crippen molar-refractivity contribution in [2.24, 2.45) is 5.92 Å². The summed E-state index contributed by atoms with van der Waals surface area (Å²) < 4.78 is 5.49. The third-order valence-electron chi connectivity index (χ3n) is 1.24. The number of ether oxygens (including phenoxy) is 1. The summed E-state index contributed by atoms with van der Waals surface area (Å²) in [6.07, 6.45) is 0.579. The number of rotatable bonds is 3. The van der Waals surface area contributed by atoms with Crippen molar-refractivity contribution in [3.05, 3.63) is 0 Å². The highest BCUT2D eigenvalue weighted by molar-refractivity contribution is 4.73. The molecule has 1 atom stereocenters. The van der Waals surface area contributed by atoms with Gasteiger partial charge in [-0.05, 0) is 26.7 Å². The average Bonchev–Trinajstić information content (AvgIpc) is 1.83. The van der Waals surface area contributed by atoms with Crippen molar-refractivity contribution in [3.63, 3.8) is 0 Å². The van der Waals surface area contributed by atoms with E-state index in [4.69, 9.17) is 10.00 Å². The van der Waals surface area contributed by atoms with Gasteiger partial charge >= 0.3 is 0 Å². The zero-order valence-corrected chi connectivity index (χ0v) is 7.85. The molecule has 0 radical (unpaired) electrons. The Hall–Kier alpha value is -0.550. The molecule has 0 aromatic rings. The molecular formula is C9H17NO. The average molecular weight is 155 g/mol. The zero-order chi connectivity index (χ0) is 8.91. The predicted octanol–water partition coefficient (Wildman–Crippen LogP) is 2.35. The molecule has 0 aliphatic rings. The van der Waals surface area contributed by atoms with E-state index >= 15 is 0 Å². The lowest BCUT2D eigenvalue weighted by atomic mass is 10.1. The molecule has 0 amide bonds. The molecule has 0 fully saturated rings. The second kappa shape index (κ2) is 4.35.